The second kappa shape index (κ2) is 4.83. The highest BCUT2D eigenvalue weighted by Crippen LogP contribution is 2.34. The highest BCUT2D eigenvalue weighted by Gasteiger charge is 2.35. The van der Waals surface area contributed by atoms with Gasteiger partial charge in [0.25, 0.3) is 0 Å². The monoisotopic (exact) mass is 270 g/mol. The van der Waals surface area contributed by atoms with Crippen molar-refractivity contribution in [2.45, 2.75) is 6.42 Å². The van der Waals surface area contributed by atoms with Crippen LogP contribution in [0.25, 0.3) is 0 Å². The first kappa shape index (κ1) is 13.3. The Balaban J connectivity index is 2.39. The molecule has 1 aromatic carbocycles. The fourth-order valence-electron chi connectivity index (χ4n) is 2.02. The predicted octanol–water partition coefficient (Wildman–Crippen LogP) is 0.812. The molecule has 102 valence electrons. The topological polar surface area (TPSA) is 72.6 Å². The lowest BCUT2D eigenvalue weighted by Crippen LogP contribution is -2.28. The quantitative estimate of drug-likeness (QED) is 0.883. The van der Waals surface area contributed by atoms with Crippen LogP contribution in [0.2, 0.25) is 0 Å². The maximum absolute atomic E-state index is 13.3. The SMILES string of the molecule is COc1cc(F)c(F)cc1N1CC(C(N)=O)CC1=O. The van der Waals surface area contributed by atoms with Gasteiger partial charge < -0.3 is 15.4 Å². The van der Waals surface area contributed by atoms with E-state index in [4.69, 9.17) is 10.5 Å². The third-order valence-corrected chi connectivity index (χ3v) is 3.04. The van der Waals surface area contributed by atoms with Crippen molar-refractivity contribution in [3.05, 3.63) is 23.8 Å². The summed E-state index contributed by atoms with van der Waals surface area (Å²) in [6.07, 6.45) is -0.0442. The third-order valence-electron chi connectivity index (χ3n) is 3.04. The van der Waals surface area contributed by atoms with Crippen molar-refractivity contribution in [3.63, 3.8) is 0 Å². The van der Waals surface area contributed by atoms with Crippen molar-refractivity contribution in [3.8, 4) is 5.75 Å². The van der Waals surface area contributed by atoms with Crippen LogP contribution in [0, 0.1) is 17.6 Å². The molecule has 2 N–H and O–H groups in total. The Hall–Kier alpha value is -2.18. The van der Waals surface area contributed by atoms with Gasteiger partial charge in [0.1, 0.15) is 5.75 Å². The zero-order valence-electron chi connectivity index (χ0n) is 10.2. The molecule has 1 fully saturated rings. The summed E-state index contributed by atoms with van der Waals surface area (Å²) in [4.78, 5) is 24.1. The Bertz CT molecular complexity index is 548. The summed E-state index contributed by atoms with van der Waals surface area (Å²) in [5.74, 6) is -3.75. The van der Waals surface area contributed by atoms with Gasteiger partial charge in [-0.25, -0.2) is 8.78 Å². The molecular formula is C12H12F2N2O3. The summed E-state index contributed by atoms with van der Waals surface area (Å²) < 4.78 is 31.3. The van der Waals surface area contributed by atoms with E-state index in [2.05, 4.69) is 0 Å². The summed E-state index contributed by atoms with van der Waals surface area (Å²) >= 11 is 0. The van der Waals surface area contributed by atoms with E-state index < -0.39 is 23.5 Å². The molecule has 0 aromatic heterocycles. The van der Waals surface area contributed by atoms with E-state index >= 15 is 0 Å². The van der Waals surface area contributed by atoms with Crippen molar-refractivity contribution in [1.29, 1.82) is 0 Å². The molecule has 0 bridgehead atoms. The van der Waals surface area contributed by atoms with Gasteiger partial charge in [0.15, 0.2) is 11.6 Å². The van der Waals surface area contributed by atoms with Crippen molar-refractivity contribution < 1.29 is 23.1 Å². The van der Waals surface area contributed by atoms with Gasteiger partial charge in [-0.05, 0) is 0 Å². The molecule has 1 atom stereocenters. The van der Waals surface area contributed by atoms with Gasteiger partial charge in [-0.2, -0.15) is 0 Å². The van der Waals surface area contributed by atoms with Gasteiger partial charge in [-0.3, -0.25) is 9.59 Å². The Morgan fingerprint density at radius 2 is 2.05 bits per heavy atom. The van der Waals surface area contributed by atoms with Gasteiger partial charge in [0.05, 0.1) is 18.7 Å². The molecule has 0 spiro atoms. The third kappa shape index (κ3) is 2.35. The standard InChI is InChI=1S/C12H12F2N2O3/c1-19-10-4-8(14)7(13)3-9(10)16-5-6(12(15)18)2-11(16)17/h3-4,6H,2,5H2,1H3,(H2,15,18). The molecular weight excluding hydrogens is 258 g/mol. The van der Waals surface area contributed by atoms with Crippen molar-refractivity contribution >= 4 is 17.5 Å². The zero-order chi connectivity index (χ0) is 14.2. The van der Waals surface area contributed by atoms with Crippen LogP contribution >= 0.6 is 0 Å². The van der Waals surface area contributed by atoms with Crippen molar-refractivity contribution in [2.24, 2.45) is 11.7 Å². The van der Waals surface area contributed by atoms with E-state index in [0.717, 1.165) is 12.1 Å². The summed E-state index contributed by atoms with van der Waals surface area (Å²) in [6, 6.07) is 1.73. The van der Waals surface area contributed by atoms with Crippen molar-refractivity contribution in [2.75, 3.05) is 18.6 Å². The Kier molecular flexibility index (Phi) is 3.37. The molecule has 7 heteroatoms. The fourth-order valence-corrected chi connectivity index (χ4v) is 2.02. The van der Waals surface area contributed by atoms with E-state index in [9.17, 15) is 18.4 Å². The van der Waals surface area contributed by atoms with Gasteiger partial charge in [-0.15, -0.1) is 0 Å². The average molecular weight is 270 g/mol. The highest BCUT2D eigenvalue weighted by molar-refractivity contribution is 6.01. The molecule has 5 nitrogen and oxygen atoms in total. The van der Waals surface area contributed by atoms with E-state index in [1.54, 1.807) is 0 Å². The van der Waals surface area contributed by atoms with Gasteiger partial charge >= 0.3 is 0 Å². The second-order valence-electron chi connectivity index (χ2n) is 4.25. The maximum Gasteiger partial charge on any atom is 0.227 e. The molecule has 1 aliphatic heterocycles. The number of nitrogens with two attached hydrogens (primary N) is 1. The molecule has 0 saturated carbocycles. The Morgan fingerprint density at radius 3 is 2.58 bits per heavy atom. The van der Waals surface area contributed by atoms with Crippen LogP contribution in [0.4, 0.5) is 14.5 Å². The number of hydrogen-bond acceptors (Lipinski definition) is 3. The number of amides is 2. The Morgan fingerprint density at radius 1 is 1.42 bits per heavy atom. The van der Waals surface area contributed by atoms with Crippen molar-refractivity contribution in [1.82, 2.24) is 0 Å². The normalized spacial score (nSPS) is 18.8. The van der Waals surface area contributed by atoms with Gasteiger partial charge in [0, 0.05) is 25.1 Å². The maximum atomic E-state index is 13.3. The van der Waals surface area contributed by atoms with Crippen LogP contribution in [0.3, 0.4) is 0 Å². The molecule has 1 saturated heterocycles. The van der Waals surface area contributed by atoms with Crippen LogP contribution in [0.5, 0.6) is 5.75 Å². The molecule has 1 aliphatic rings. The minimum atomic E-state index is -1.09. The van der Waals surface area contributed by atoms with E-state index in [0.29, 0.717) is 0 Å². The van der Waals surface area contributed by atoms with E-state index in [1.807, 2.05) is 0 Å². The summed E-state index contributed by atoms with van der Waals surface area (Å²) in [6.45, 7) is 0.0373. The lowest BCUT2D eigenvalue weighted by atomic mass is 10.1. The molecule has 1 unspecified atom stereocenters. The first-order chi connectivity index (χ1) is 8.93. The lowest BCUT2D eigenvalue weighted by molar-refractivity contribution is -0.123. The Labute approximate surface area is 107 Å². The first-order valence-electron chi connectivity index (χ1n) is 5.56. The number of primary amides is 1. The average Bonchev–Trinajstić information content (AvgIpc) is 2.74. The largest absolute Gasteiger partial charge is 0.494 e. The number of anilines is 1. The van der Waals surface area contributed by atoms with Crippen LogP contribution in [0.1, 0.15) is 6.42 Å². The molecule has 2 rings (SSSR count). The minimum absolute atomic E-state index is 0.0253. The number of carbonyl (C=O) groups excluding carboxylic acids is 2. The molecule has 2 amide bonds. The highest BCUT2D eigenvalue weighted by atomic mass is 19.2. The van der Waals surface area contributed by atoms with Crippen LogP contribution in [-0.2, 0) is 9.59 Å². The summed E-state index contributed by atoms with van der Waals surface area (Å²) in [5, 5.41) is 0. The number of halogens is 2. The van der Waals surface area contributed by atoms with Gasteiger partial charge in [-0.1, -0.05) is 0 Å². The van der Waals surface area contributed by atoms with Gasteiger partial charge in [0.2, 0.25) is 11.8 Å². The van der Waals surface area contributed by atoms with E-state index in [-0.39, 0.29) is 30.3 Å². The smallest absolute Gasteiger partial charge is 0.227 e. The molecule has 19 heavy (non-hydrogen) atoms. The second-order valence-corrected chi connectivity index (χ2v) is 4.25. The molecule has 0 aliphatic carbocycles. The first-order valence-corrected chi connectivity index (χ1v) is 5.56. The zero-order valence-corrected chi connectivity index (χ0v) is 10.2. The van der Waals surface area contributed by atoms with Crippen LogP contribution in [0.15, 0.2) is 12.1 Å². The number of carbonyl (C=O) groups is 2. The lowest BCUT2D eigenvalue weighted by Gasteiger charge is -2.19. The molecule has 1 aromatic rings. The number of benzene rings is 1. The number of nitrogens with zero attached hydrogens (tertiary/aromatic N) is 1. The number of ether oxygens (including phenoxy) is 1. The molecule has 0 radical (unpaired) electrons. The number of rotatable bonds is 3. The minimum Gasteiger partial charge on any atom is -0.494 e. The number of methoxy groups -OCH3 is 1. The summed E-state index contributed by atoms with van der Waals surface area (Å²) in [5.41, 5.74) is 5.23. The van der Waals surface area contributed by atoms with Crippen LogP contribution < -0.4 is 15.4 Å². The van der Waals surface area contributed by atoms with Crippen LogP contribution in [-0.4, -0.2) is 25.5 Å². The molecule has 1 heterocycles. The predicted molar refractivity (Wildman–Crippen MR) is 62.6 cm³/mol. The fraction of sp³-hybridized carbons (Fsp3) is 0.333. The van der Waals surface area contributed by atoms with E-state index in [1.165, 1.54) is 12.0 Å². The number of hydrogen-bond donors (Lipinski definition) is 1. The summed E-state index contributed by atoms with van der Waals surface area (Å²) in [7, 11) is 1.28.